The van der Waals surface area contributed by atoms with Crippen LogP contribution in [-0.4, -0.2) is 66.8 Å². The van der Waals surface area contributed by atoms with E-state index in [1.807, 2.05) is 0 Å². The van der Waals surface area contributed by atoms with Crippen molar-refractivity contribution in [3.05, 3.63) is 0 Å². The lowest BCUT2D eigenvalue weighted by molar-refractivity contribution is -0.940. The van der Waals surface area contributed by atoms with E-state index >= 15 is 0 Å². The summed E-state index contributed by atoms with van der Waals surface area (Å²) in [6.45, 7) is 12.2. The van der Waals surface area contributed by atoms with Gasteiger partial charge in [0.25, 0.3) is 0 Å². The molecule has 4 nitrogen and oxygen atoms in total. The Morgan fingerprint density at radius 1 is 0.861 bits per heavy atom. The lowest BCUT2D eigenvalue weighted by Crippen LogP contribution is -2.60. The van der Waals surface area contributed by atoms with Crippen molar-refractivity contribution in [1.82, 2.24) is 4.90 Å². The molecule has 0 radical (unpaired) electrons. The molecule has 0 aromatic carbocycles. The van der Waals surface area contributed by atoms with Crippen molar-refractivity contribution < 1.29 is 14.0 Å². The third-order valence-electron chi connectivity index (χ3n) is 13.4. The maximum atomic E-state index is 12.4. The van der Waals surface area contributed by atoms with Gasteiger partial charge in [-0.15, -0.1) is 0 Å². The van der Waals surface area contributed by atoms with Gasteiger partial charge in [-0.2, -0.15) is 0 Å². The van der Waals surface area contributed by atoms with Crippen molar-refractivity contribution >= 4 is 5.97 Å². The molecule has 6 aliphatic rings. The SMILES string of the molecule is CC(=O)O[C@H]1[C@@H]([N+]2(C)CCCCC2)C[C@H]2[C@@H]3CC[C@H]4CC[C@@H](N5CCCCC5)C[C@]4(C)[C@H]3CC[C@@]21C. The lowest BCUT2D eigenvalue weighted by atomic mass is 9.45. The second kappa shape index (κ2) is 9.54. The quantitative estimate of drug-likeness (QED) is 0.331. The van der Waals surface area contributed by atoms with Crippen molar-refractivity contribution in [2.45, 2.75) is 129 Å². The van der Waals surface area contributed by atoms with Crippen LogP contribution in [0.3, 0.4) is 0 Å². The third-order valence-corrected chi connectivity index (χ3v) is 13.4. The fourth-order valence-electron chi connectivity index (χ4n) is 11.4. The van der Waals surface area contributed by atoms with Crippen LogP contribution in [0.4, 0.5) is 0 Å². The van der Waals surface area contributed by atoms with E-state index in [2.05, 4.69) is 25.8 Å². The number of rotatable bonds is 3. The van der Waals surface area contributed by atoms with Crippen LogP contribution >= 0.6 is 0 Å². The van der Waals surface area contributed by atoms with Crippen LogP contribution in [-0.2, 0) is 9.53 Å². The molecule has 0 aromatic heterocycles. The fourth-order valence-corrected chi connectivity index (χ4v) is 11.4. The number of ether oxygens (including phenoxy) is 1. The van der Waals surface area contributed by atoms with Gasteiger partial charge in [-0.05, 0) is 119 Å². The van der Waals surface area contributed by atoms with Gasteiger partial charge in [0.15, 0.2) is 6.10 Å². The molecule has 4 heteroatoms. The highest BCUT2D eigenvalue weighted by Crippen LogP contribution is 2.67. The van der Waals surface area contributed by atoms with Gasteiger partial charge in [0.1, 0.15) is 6.04 Å². The monoisotopic (exact) mass is 499 g/mol. The molecule has 36 heavy (non-hydrogen) atoms. The van der Waals surface area contributed by atoms with Gasteiger partial charge in [-0.1, -0.05) is 20.3 Å². The summed E-state index contributed by atoms with van der Waals surface area (Å²) in [5, 5.41) is 0. The molecule has 6 rings (SSSR count). The van der Waals surface area contributed by atoms with Crippen LogP contribution in [0, 0.1) is 34.5 Å². The van der Waals surface area contributed by atoms with E-state index in [0.29, 0.717) is 11.5 Å². The van der Waals surface area contributed by atoms with Crippen molar-refractivity contribution in [2.24, 2.45) is 34.5 Å². The Labute approximate surface area is 221 Å². The second-order valence-corrected chi connectivity index (χ2v) is 15.1. The topological polar surface area (TPSA) is 29.5 Å². The molecular formula is C32H55N2O2+. The first-order valence-corrected chi connectivity index (χ1v) is 16.0. The predicted molar refractivity (Wildman–Crippen MR) is 145 cm³/mol. The molecule has 6 fully saturated rings. The summed E-state index contributed by atoms with van der Waals surface area (Å²) in [7, 11) is 2.50. The molecule has 0 aromatic rings. The molecule has 2 saturated heterocycles. The molecule has 0 spiro atoms. The molecule has 2 heterocycles. The zero-order valence-corrected chi connectivity index (χ0v) is 24.0. The van der Waals surface area contributed by atoms with Crippen LogP contribution in [0.15, 0.2) is 0 Å². The molecule has 9 atom stereocenters. The highest BCUT2D eigenvalue weighted by Gasteiger charge is 2.66. The smallest absolute Gasteiger partial charge is 0.303 e. The summed E-state index contributed by atoms with van der Waals surface area (Å²) in [6.07, 6.45) is 19.6. The Bertz CT molecular complexity index is 817. The molecule has 4 saturated carbocycles. The van der Waals surface area contributed by atoms with Crippen molar-refractivity contribution in [1.29, 1.82) is 0 Å². The molecule has 204 valence electrons. The van der Waals surface area contributed by atoms with Crippen LogP contribution in [0.2, 0.25) is 0 Å². The van der Waals surface area contributed by atoms with Crippen LogP contribution in [0.25, 0.3) is 0 Å². The summed E-state index contributed by atoms with van der Waals surface area (Å²) in [5.41, 5.74) is 0.684. The van der Waals surface area contributed by atoms with Crippen LogP contribution < -0.4 is 0 Å². The number of nitrogens with zero attached hydrogens (tertiary/aromatic N) is 2. The number of likely N-dealkylation sites (N-methyl/N-ethyl adjacent to an activating group) is 1. The Balaban J connectivity index is 1.27. The van der Waals surface area contributed by atoms with Crippen molar-refractivity contribution in [3.8, 4) is 0 Å². The first-order valence-electron chi connectivity index (χ1n) is 16.0. The molecule has 0 amide bonds. The summed E-state index contributed by atoms with van der Waals surface area (Å²) >= 11 is 0. The standard InChI is InChI=1S/C32H55N2O2/c1-23(35)36-30-29(34(4)19-9-6-10-20-34)21-28-26-14-12-24-11-13-25(33-17-7-5-8-18-33)22-32(24,3)27(26)15-16-31(28,30)2/h24-30H,5-22H2,1-4H3/q+1/t24-,25-,26-,27+,28+,29+,30+,31+,32+/m1/s1. The highest BCUT2D eigenvalue weighted by molar-refractivity contribution is 5.66. The molecule has 0 unspecified atom stereocenters. The summed E-state index contributed by atoms with van der Waals surface area (Å²) in [4.78, 5) is 15.3. The minimum Gasteiger partial charge on any atom is -0.456 e. The van der Waals surface area contributed by atoms with Crippen molar-refractivity contribution in [3.63, 3.8) is 0 Å². The van der Waals surface area contributed by atoms with E-state index in [1.165, 1.54) is 116 Å². The minimum atomic E-state index is -0.0510. The highest BCUT2D eigenvalue weighted by atomic mass is 16.5. The molecule has 2 aliphatic heterocycles. The van der Waals surface area contributed by atoms with Gasteiger partial charge >= 0.3 is 5.97 Å². The first-order chi connectivity index (χ1) is 17.2. The number of quaternary nitrogens is 1. The Hall–Kier alpha value is -0.610. The fraction of sp³-hybridized carbons (Fsp3) is 0.969. The zero-order valence-electron chi connectivity index (χ0n) is 24.0. The number of hydrogen-bond acceptors (Lipinski definition) is 3. The predicted octanol–water partition coefficient (Wildman–Crippen LogP) is 6.42. The molecule has 4 aliphatic carbocycles. The summed E-state index contributed by atoms with van der Waals surface area (Å²) in [6, 6.07) is 1.34. The zero-order chi connectivity index (χ0) is 25.1. The lowest BCUT2D eigenvalue weighted by Gasteiger charge is -2.61. The molecule has 0 N–H and O–H groups in total. The van der Waals surface area contributed by atoms with E-state index in [1.54, 1.807) is 6.92 Å². The van der Waals surface area contributed by atoms with Gasteiger partial charge in [-0.25, -0.2) is 0 Å². The largest absolute Gasteiger partial charge is 0.456 e. The van der Waals surface area contributed by atoms with Crippen LogP contribution in [0.1, 0.15) is 111 Å². The Morgan fingerprint density at radius 3 is 2.28 bits per heavy atom. The number of likely N-dealkylation sites (tertiary alicyclic amines) is 2. The minimum absolute atomic E-state index is 0.0510. The Morgan fingerprint density at radius 2 is 1.56 bits per heavy atom. The van der Waals surface area contributed by atoms with E-state index in [4.69, 9.17) is 4.74 Å². The second-order valence-electron chi connectivity index (χ2n) is 15.1. The maximum absolute atomic E-state index is 12.4. The van der Waals surface area contributed by atoms with Gasteiger partial charge in [-0.3, -0.25) is 4.79 Å². The van der Waals surface area contributed by atoms with Crippen LogP contribution in [0.5, 0.6) is 0 Å². The van der Waals surface area contributed by atoms with E-state index in [-0.39, 0.29) is 17.5 Å². The molecule has 0 bridgehead atoms. The summed E-state index contributed by atoms with van der Waals surface area (Å²) < 4.78 is 7.51. The number of fused-ring (bicyclic) bond motifs is 5. The number of carbonyl (C=O) groups is 1. The normalized spacial score (nSPS) is 48.9. The number of piperidine rings is 2. The van der Waals surface area contributed by atoms with E-state index in [9.17, 15) is 4.79 Å². The Kier molecular flexibility index (Phi) is 6.80. The average molecular weight is 500 g/mol. The maximum Gasteiger partial charge on any atom is 0.303 e. The average Bonchev–Trinajstić information content (AvgIpc) is 3.17. The van der Waals surface area contributed by atoms with Gasteiger partial charge in [0.2, 0.25) is 0 Å². The first kappa shape index (κ1) is 25.7. The summed E-state index contributed by atoms with van der Waals surface area (Å²) in [5.74, 6) is 3.34. The number of carbonyl (C=O) groups excluding carboxylic acids is 1. The van der Waals surface area contributed by atoms with Gasteiger partial charge in [0, 0.05) is 24.8 Å². The van der Waals surface area contributed by atoms with Gasteiger partial charge in [0.05, 0.1) is 20.1 Å². The number of esters is 1. The van der Waals surface area contributed by atoms with Crippen molar-refractivity contribution in [2.75, 3.05) is 33.2 Å². The molecular weight excluding hydrogens is 444 g/mol. The van der Waals surface area contributed by atoms with Gasteiger partial charge < -0.3 is 14.1 Å². The number of hydrogen-bond donors (Lipinski definition) is 0. The van der Waals surface area contributed by atoms with E-state index < -0.39 is 0 Å². The third kappa shape index (κ3) is 4.10. The van der Waals surface area contributed by atoms with E-state index in [0.717, 1.165) is 34.2 Å².